The molecule has 2 atom stereocenters. The van der Waals surface area contributed by atoms with Crippen LogP contribution < -0.4 is 11.1 Å². The van der Waals surface area contributed by atoms with Crippen molar-refractivity contribution in [3.05, 3.63) is 11.1 Å². The summed E-state index contributed by atoms with van der Waals surface area (Å²) in [4.78, 5) is 57.1. The normalized spacial score (nSPS) is 19.5. The van der Waals surface area contributed by atoms with Gasteiger partial charge in [0.2, 0.25) is 11.5 Å². The minimum Gasteiger partial charge on any atom is -0.480 e. The molecule has 1 fully saturated rings. The van der Waals surface area contributed by atoms with Gasteiger partial charge in [-0.2, -0.15) is 0 Å². The van der Waals surface area contributed by atoms with Gasteiger partial charge in [-0.05, 0) is 20.1 Å². The van der Waals surface area contributed by atoms with Crippen molar-refractivity contribution in [3.63, 3.8) is 0 Å². The van der Waals surface area contributed by atoms with Gasteiger partial charge in [-0.15, -0.1) is 23.1 Å². The Bertz CT molecular complexity index is 869. The summed E-state index contributed by atoms with van der Waals surface area (Å²) < 4.78 is 0. The van der Waals surface area contributed by atoms with E-state index in [1.165, 1.54) is 31.0 Å². The molecule has 1 aromatic heterocycles. The summed E-state index contributed by atoms with van der Waals surface area (Å²) in [6.45, 7) is 2.00. The van der Waals surface area contributed by atoms with Gasteiger partial charge in [-0.1, -0.05) is 5.16 Å². The smallest absolute Gasteiger partial charge is 0.350 e. The zero-order chi connectivity index (χ0) is 21.9. The van der Waals surface area contributed by atoms with Crippen LogP contribution in [-0.2, 0) is 24.0 Å². The Labute approximate surface area is 173 Å². The second-order valence-electron chi connectivity index (χ2n) is 6.35. The average Bonchev–Trinajstić information content (AvgIpc) is 3.05. The lowest BCUT2D eigenvalue weighted by Crippen LogP contribution is -2.70. The number of hydrogen-bond acceptors (Lipinski definition) is 10. The summed E-state index contributed by atoms with van der Waals surface area (Å²) in [6, 6.07) is -0.981. The van der Waals surface area contributed by atoms with E-state index in [4.69, 9.17) is 20.8 Å². The summed E-state index contributed by atoms with van der Waals surface area (Å²) >= 11 is 2.22. The highest BCUT2D eigenvalue weighted by atomic mass is 32.2. The number of carboxylic acids is 2. The van der Waals surface area contributed by atoms with Crippen LogP contribution in [0.2, 0.25) is 0 Å². The van der Waals surface area contributed by atoms with Gasteiger partial charge in [0, 0.05) is 5.38 Å². The molecule has 5 N–H and O–H groups in total. The lowest BCUT2D eigenvalue weighted by molar-refractivity contribution is -0.161. The van der Waals surface area contributed by atoms with Gasteiger partial charge in [0.15, 0.2) is 10.8 Å². The van der Waals surface area contributed by atoms with E-state index in [1.54, 1.807) is 6.26 Å². The topological polar surface area (TPSA) is 185 Å². The van der Waals surface area contributed by atoms with Gasteiger partial charge in [-0.25, -0.2) is 9.78 Å². The summed E-state index contributed by atoms with van der Waals surface area (Å²) in [5, 5.41) is 25.1. The van der Waals surface area contributed by atoms with Gasteiger partial charge in [0.25, 0.3) is 5.91 Å². The number of nitrogen functional groups attached to an aromatic ring is 1. The van der Waals surface area contributed by atoms with Crippen LogP contribution in [0.4, 0.5) is 5.13 Å². The van der Waals surface area contributed by atoms with E-state index in [2.05, 4.69) is 15.5 Å². The molecule has 1 aliphatic rings. The standard InChI is InChI=1S/C15H19N5O7S2/c1-15(2,13(25)26)27-19-8(6-5-29-14(16)17-6)10(23)18-9-11(24)20(4-7(21)22)12(9)28-3/h5,9,12H,4H2,1-3H3,(H2,16,17)(H,18,23)(H,21,22)(H,25,26)/b19-8-/t9-,12?/m1/s1. The Balaban J connectivity index is 2.23. The predicted molar refractivity (Wildman–Crippen MR) is 104 cm³/mol. The molecular formula is C15H19N5O7S2. The second-order valence-corrected chi connectivity index (χ2v) is 8.20. The van der Waals surface area contributed by atoms with Gasteiger partial charge < -0.3 is 31.0 Å². The molecule has 1 aliphatic heterocycles. The first kappa shape index (κ1) is 22.4. The molecule has 2 rings (SSSR count). The van der Waals surface area contributed by atoms with Crippen LogP contribution in [0.5, 0.6) is 0 Å². The van der Waals surface area contributed by atoms with Crippen LogP contribution in [0.25, 0.3) is 0 Å². The number of nitrogens with zero attached hydrogens (tertiary/aromatic N) is 3. The van der Waals surface area contributed by atoms with Crippen LogP contribution >= 0.6 is 23.1 Å². The maximum Gasteiger partial charge on any atom is 0.350 e. The van der Waals surface area contributed by atoms with Crippen molar-refractivity contribution in [1.82, 2.24) is 15.2 Å². The highest BCUT2D eigenvalue weighted by molar-refractivity contribution is 7.99. The van der Waals surface area contributed by atoms with Crippen molar-refractivity contribution in [1.29, 1.82) is 0 Å². The fraction of sp³-hybridized carbons (Fsp3) is 0.467. The van der Waals surface area contributed by atoms with E-state index in [0.717, 1.165) is 16.2 Å². The lowest BCUT2D eigenvalue weighted by atomic mass is 10.1. The summed E-state index contributed by atoms with van der Waals surface area (Å²) in [5.41, 5.74) is 3.54. The summed E-state index contributed by atoms with van der Waals surface area (Å²) in [6.07, 6.45) is 1.67. The maximum absolute atomic E-state index is 12.7. The number of carbonyl (C=O) groups is 4. The zero-order valence-electron chi connectivity index (χ0n) is 15.6. The fourth-order valence-corrected chi connectivity index (χ4v) is 3.68. The number of anilines is 1. The molecule has 12 nitrogen and oxygen atoms in total. The fourth-order valence-electron chi connectivity index (χ4n) is 2.24. The van der Waals surface area contributed by atoms with Crippen LogP contribution in [0.15, 0.2) is 10.5 Å². The van der Waals surface area contributed by atoms with E-state index >= 15 is 0 Å². The van der Waals surface area contributed by atoms with Crippen LogP contribution in [0.1, 0.15) is 19.5 Å². The maximum atomic E-state index is 12.7. The third-order valence-corrected chi connectivity index (χ3v) is 5.52. The first-order chi connectivity index (χ1) is 13.5. The van der Waals surface area contributed by atoms with E-state index in [1.807, 2.05) is 0 Å². The molecule has 1 unspecified atom stereocenters. The predicted octanol–water partition coefficient (Wildman–Crippen LogP) is -0.590. The number of amides is 2. The van der Waals surface area contributed by atoms with E-state index < -0.39 is 47.3 Å². The number of aromatic nitrogens is 1. The van der Waals surface area contributed by atoms with Gasteiger partial charge >= 0.3 is 11.9 Å². The number of nitrogens with two attached hydrogens (primary N) is 1. The molecule has 0 spiro atoms. The molecule has 1 saturated heterocycles. The number of carbonyl (C=O) groups excluding carboxylic acids is 2. The minimum absolute atomic E-state index is 0.0426. The zero-order valence-corrected chi connectivity index (χ0v) is 17.2. The minimum atomic E-state index is -1.72. The molecule has 2 amide bonds. The number of rotatable bonds is 9. The highest BCUT2D eigenvalue weighted by Crippen LogP contribution is 2.28. The van der Waals surface area contributed by atoms with Crippen molar-refractivity contribution in [2.45, 2.75) is 30.9 Å². The molecule has 14 heteroatoms. The van der Waals surface area contributed by atoms with Gasteiger partial charge in [0.05, 0.1) is 0 Å². The third-order valence-electron chi connectivity index (χ3n) is 3.83. The highest BCUT2D eigenvalue weighted by Gasteiger charge is 2.49. The SMILES string of the molecule is CSC1[C@H](NC(=O)/C(=N\OC(C)(C)C(=O)O)c2csc(N)n2)C(=O)N1CC(=O)O. The number of carboxylic acid groups (broad SMARTS) is 2. The van der Waals surface area contributed by atoms with Crippen molar-refractivity contribution in [2.24, 2.45) is 5.16 Å². The molecule has 29 heavy (non-hydrogen) atoms. The van der Waals surface area contributed by atoms with Crippen LogP contribution in [0, 0.1) is 0 Å². The molecule has 0 aliphatic carbocycles. The molecule has 0 saturated carbocycles. The molecule has 1 aromatic rings. The van der Waals surface area contributed by atoms with Crippen molar-refractivity contribution >= 4 is 57.7 Å². The van der Waals surface area contributed by atoms with Gasteiger partial charge in [-0.3, -0.25) is 14.4 Å². The Hall–Kier alpha value is -2.87. The van der Waals surface area contributed by atoms with Crippen molar-refractivity contribution < 1.29 is 34.2 Å². The number of β-lactam (4-membered cyclic amide) rings is 1. The quantitative estimate of drug-likeness (QED) is 0.217. The molecular weight excluding hydrogens is 426 g/mol. The van der Waals surface area contributed by atoms with Crippen LogP contribution in [-0.4, -0.2) is 79.4 Å². The van der Waals surface area contributed by atoms with Crippen molar-refractivity contribution in [2.75, 3.05) is 18.5 Å². The van der Waals surface area contributed by atoms with Crippen LogP contribution in [0.3, 0.4) is 0 Å². The number of oxime groups is 1. The van der Waals surface area contributed by atoms with E-state index in [9.17, 15) is 19.2 Å². The summed E-state index contributed by atoms with van der Waals surface area (Å²) in [5.74, 6) is -3.89. The number of thiazole rings is 1. The lowest BCUT2D eigenvalue weighted by Gasteiger charge is -2.45. The second kappa shape index (κ2) is 8.65. The van der Waals surface area contributed by atoms with Gasteiger partial charge in [0.1, 0.15) is 23.7 Å². The average molecular weight is 445 g/mol. The Morgan fingerprint density at radius 2 is 2.10 bits per heavy atom. The number of likely N-dealkylation sites (tertiary alicyclic amines) is 1. The number of thioether (sulfide) groups is 1. The van der Waals surface area contributed by atoms with E-state index in [-0.39, 0.29) is 16.5 Å². The number of nitrogens with one attached hydrogen (secondary N) is 1. The number of aliphatic carboxylic acids is 2. The molecule has 0 bridgehead atoms. The Morgan fingerprint density at radius 3 is 2.59 bits per heavy atom. The molecule has 0 radical (unpaired) electrons. The first-order valence-corrected chi connectivity index (χ1v) is 10.2. The Kier molecular flexibility index (Phi) is 6.69. The third kappa shape index (κ3) is 4.95. The largest absolute Gasteiger partial charge is 0.480 e. The number of hydrogen-bond donors (Lipinski definition) is 4. The van der Waals surface area contributed by atoms with Crippen molar-refractivity contribution in [3.8, 4) is 0 Å². The molecule has 158 valence electrons. The first-order valence-electron chi connectivity index (χ1n) is 8.04. The Morgan fingerprint density at radius 1 is 1.45 bits per heavy atom. The molecule has 2 heterocycles. The summed E-state index contributed by atoms with van der Waals surface area (Å²) in [7, 11) is 0. The monoisotopic (exact) mass is 445 g/mol. The molecule has 0 aromatic carbocycles. The van der Waals surface area contributed by atoms with E-state index in [0.29, 0.717) is 0 Å².